The first-order valence-electron chi connectivity index (χ1n) is 9.77. The molecule has 0 aliphatic carbocycles. The lowest BCUT2D eigenvalue weighted by Crippen LogP contribution is -2.49. The van der Waals surface area contributed by atoms with E-state index in [1.54, 1.807) is 24.4 Å². The molecule has 8 heteroatoms. The van der Waals surface area contributed by atoms with Gasteiger partial charge < -0.3 is 9.73 Å². The summed E-state index contributed by atoms with van der Waals surface area (Å²) < 4.78 is 9.63. The monoisotopic (exact) mass is 426 g/mol. The summed E-state index contributed by atoms with van der Waals surface area (Å²) in [5.41, 5.74) is 1.33. The lowest BCUT2D eigenvalue weighted by molar-refractivity contribution is -0.124. The van der Waals surface area contributed by atoms with E-state index in [9.17, 15) is 9.59 Å². The van der Waals surface area contributed by atoms with Gasteiger partial charge in [-0.3, -0.25) is 14.5 Å². The fourth-order valence-corrected chi connectivity index (χ4v) is 3.53. The summed E-state index contributed by atoms with van der Waals surface area (Å²) in [6, 6.07) is 10.1. The zero-order chi connectivity index (χ0) is 21.9. The van der Waals surface area contributed by atoms with Gasteiger partial charge >= 0.3 is 0 Å². The maximum atomic E-state index is 13.5. The molecule has 0 fully saturated rings. The van der Waals surface area contributed by atoms with E-state index in [2.05, 4.69) is 14.9 Å². The summed E-state index contributed by atoms with van der Waals surface area (Å²) in [4.78, 5) is 28.4. The molecule has 158 valence electrons. The van der Waals surface area contributed by atoms with Crippen molar-refractivity contribution in [3.05, 3.63) is 64.6 Å². The van der Waals surface area contributed by atoms with E-state index in [-0.39, 0.29) is 11.6 Å². The summed E-state index contributed by atoms with van der Waals surface area (Å²) in [5, 5.41) is 8.49. The van der Waals surface area contributed by atoms with Crippen LogP contribution in [0.3, 0.4) is 0 Å². The minimum Gasteiger partial charge on any atom is -0.464 e. The molecule has 3 rings (SSSR count). The third kappa shape index (κ3) is 4.94. The van der Waals surface area contributed by atoms with Gasteiger partial charge in [0.1, 0.15) is 11.5 Å². The van der Waals surface area contributed by atoms with Gasteiger partial charge in [0.15, 0.2) is 11.7 Å². The molecule has 2 heterocycles. The Kier molecular flexibility index (Phi) is 6.36. The van der Waals surface area contributed by atoms with Crippen molar-refractivity contribution >= 4 is 29.0 Å². The van der Waals surface area contributed by atoms with Gasteiger partial charge in [-0.05, 0) is 75.5 Å². The molecule has 3 aromatic rings. The molecule has 1 aromatic carbocycles. The van der Waals surface area contributed by atoms with E-state index in [4.69, 9.17) is 4.42 Å². The van der Waals surface area contributed by atoms with Crippen LogP contribution in [0.2, 0.25) is 0 Å². The topological polar surface area (TPSA) is 88.3 Å². The van der Waals surface area contributed by atoms with Crippen molar-refractivity contribution < 1.29 is 14.0 Å². The number of amides is 2. The fraction of sp³-hybridized carbons (Fsp3) is 0.364. The Labute approximate surface area is 180 Å². The SMILES string of the molecule is CCc1cccc(N(C(=O)c2csnn2)[C@H](C(=O)NC(C)(C)C)c2ccc(C)o2)c1. The van der Waals surface area contributed by atoms with E-state index in [1.165, 1.54) is 4.90 Å². The zero-order valence-electron chi connectivity index (χ0n) is 17.8. The second-order valence-electron chi connectivity index (χ2n) is 8.08. The third-order valence-electron chi connectivity index (χ3n) is 4.43. The second kappa shape index (κ2) is 8.79. The lowest BCUT2D eigenvalue weighted by Gasteiger charge is -2.32. The summed E-state index contributed by atoms with van der Waals surface area (Å²) in [6.07, 6.45) is 0.798. The van der Waals surface area contributed by atoms with Gasteiger partial charge in [-0.1, -0.05) is 23.5 Å². The number of rotatable bonds is 6. The molecule has 0 bridgehead atoms. The second-order valence-corrected chi connectivity index (χ2v) is 8.69. The first kappa shape index (κ1) is 21.7. The quantitative estimate of drug-likeness (QED) is 0.635. The van der Waals surface area contributed by atoms with Crippen LogP contribution in [0, 0.1) is 6.92 Å². The molecule has 1 N–H and O–H groups in total. The van der Waals surface area contributed by atoms with Crippen molar-refractivity contribution in [2.45, 2.75) is 52.6 Å². The van der Waals surface area contributed by atoms with E-state index in [1.807, 2.05) is 52.0 Å². The molecule has 0 aliphatic rings. The van der Waals surface area contributed by atoms with Crippen molar-refractivity contribution in [1.82, 2.24) is 14.9 Å². The van der Waals surface area contributed by atoms with Gasteiger partial charge in [-0.15, -0.1) is 5.10 Å². The van der Waals surface area contributed by atoms with Crippen LogP contribution in [-0.2, 0) is 11.2 Å². The predicted molar refractivity (Wildman–Crippen MR) is 117 cm³/mol. The highest BCUT2D eigenvalue weighted by atomic mass is 32.1. The van der Waals surface area contributed by atoms with Gasteiger partial charge in [0.2, 0.25) is 0 Å². The molecule has 0 saturated heterocycles. The van der Waals surface area contributed by atoms with Crippen LogP contribution in [0.5, 0.6) is 0 Å². The Morgan fingerprint density at radius 2 is 2.00 bits per heavy atom. The summed E-state index contributed by atoms with van der Waals surface area (Å²) in [6.45, 7) is 9.52. The average Bonchev–Trinajstić information content (AvgIpc) is 3.36. The molecule has 30 heavy (non-hydrogen) atoms. The molecule has 0 saturated carbocycles. The van der Waals surface area contributed by atoms with Gasteiger partial charge in [-0.2, -0.15) is 0 Å². The van der Waals surface area contributed by atoms with E-state index in [0.29, 0.717) is 17.2 Å². The van der Waals surface area contributed by atoms with Crippen molar-refractivity contribution in [1.29, 1.82) is 0 Å². The summed E-state index contributed by atoms with van der Waals surface area (Å²) in [7, 11) is 0. The Morgan fingerprint density at radius 3 is 2.57 bits per heavy atom. The number of aryl methyl sites for hydroxylation is 2. The first-order valence-corrected chi connectivity index (χ1v) is 10.6. The average molecular weight is 427 g/mol. The Balaban J connectivity index is 2.17. The number of hydrogen-bond donors (Lipinski definition) is 1. The highest BCUT2D eigenvalue weighted by molar-refractivity contribution is 7.03. The standard InChI is InChI=1S/C22H26N4O3S/c1-6-15-8-7-9-16(12-15)26(21(28)17-13-30-25-24-17)19(18-11-10-14(2)29-18)20(27)23-22(3,4)5/h7-13,19H,6H2,1-5H3,(H,23,27)/t19-/m0/s1. The smallest absolute Gasteiger partial charge is 0.280 e. The minimum atomic E-state index is -1.00. The van der Waals surface area contributed by atoms with E-state index >= 15 is 0 Å². The maximum absolute atomic E-state index is 13.5. The Hall–Kier alpha value is -3.00. The number of carbonyl (C=O) groups is 2. The molecule has 0 radical (unpaired) electrons. The number of hydrogen-bond acceptors (Lipinski definition) is 6. The lowest BCUT2D eigenvalue weighted by atomic mass is 10.0. The molecule has 0 aliphatic heterocycles. The van der Waals surface area contributed by atoms with Gasteiger partial charge in [0.25, 0.3) is 11.8 Å². The highest BCUT2D eigenvalue weighted by Crippen LogP contribution is 2.32. The van der Waals surface area contributed by atoms with Crippen LogP contribution in [0.25, 0.3) is 0 Å². The number of nitrogens with one attached hydrogen (secondary N) is 1. The van der Waals surface area contributed by atoms with Crippen LogP contribution in [0.4, 0.5) is 5.69 Å². The number of benzene rings is 1. The fourth-order valence-electron chi connectivity index (χ4n) is 3.10. The van der Waals surface area contributed by atoms with Crippen LogP contribution in [-0.4, -0.2) is 26.9 Å². The molecule has 2 amide bonds. The van der Waals surface area contributed by atoms with Crippen LogP contribution < -0.4 is 10.2 Å². The number of nitrogens with zero attached hydrogens (tertiary/aromatic N) is 3. The van der Waals surface area contributed by atoms with Crippen LogP contribution in [0.1, 0.15) is 61.3 Å². The van der Waals surface area contributed by atoms with Crippen molar-refractivity contribution in [3.8, 4) is 0 Å². The number of furan rings is 1. The van der Waals surface area contributed by atoms with Crippen molar-refractivity contribution in [3.63, 3.8) is 0 Å². The largest absolute Gasteiger partial charge is 0.464 e. The van der Waals surface area contributed by atoms with Gasteiger partial charge in [0, 0.05) is 16.6 Å². The summed E-state index contributed by atoms with van der Waals surface area (Å²) in [5.74, 6) is 0.284. The highest BCUT2D eigenvalue weighted by Gasteiger charge is 2.37. The normalized spacial score (nSPS) is 12.4. The molecular weight excluding hydrogens is 400 g/mol. The van der Waals surface area contributed by atoms with Gasteiger partial charge in [0.05, 0.1) is 0 Å². The first-order chi connectivity index (χ1) is 14.2. The molecule has 7 nitrogen and oxygen atoms in total. The predicted octanol–water partition coefficient (Wildman–Crippen LogP) is 4.30. The Bertz CT molecular complexity index is 1020. The van der Waals surface area contributed by atoms with Crippen molar-refractivity contribution in [2.75, 3.05) is 4.90 Å². The molecule has 2 aromatic heterocycles. The molecular formula is C22H26N4O3S. The third-order valence-corrected chi connectivity index (χ3v) is 4.93. The zero-order valence-corrected chi connectivity index (χ0v) is 18.6. The summed E-state index contributed by atoms with van der Waals surface area (Å²) >= 11 is 1.09. The molecule has 0 unspecified atom stereocenters. The number of carbonyl (C=O) groups excluding carboxylic acids is 2. The van der Waals surface area contributed by atoms with E-state index in [0.717, 1.165) is 23.5 Å². The van der Waals surface area contributed by atoms with Crippen LogP contribution in [0.15, 0.2) is 46.2 Å². The molecule has 1 atom stereocenters. The minimum absolute atomic E-state index is 0.179. The van der Waals surface area contributed by atoms with E-state index < -0.39 is 17.5 Å². The number of anilines is 1. The van der Waals surface area contributed by atoms with Gasteiger partial charge in [-0.25, -0.2) is 0 Å². The Morgan fingerprint density at radius 1 is 1.23 bits per heavy atom. The van der Waals surface area contributed by atoms with Crippen LogP contribution >= 0.6 is 11.5 Å². The molecule has 0 spiro atoms. The maximum Gasteiger partial charge on any atom is 0.280 e. The van der Waals surface area contributed by atoms with Crippen molar-refractivity contribution in [2.24, 2.45) is 0 Å². The number of aromatic nitrogens is 2.